The van der Waals surface area contributed by atoms with Crippen molar-refractivity contribution in [1.29, 1.82) is 5.26 Å². The molecule has 0 atom stereocenters. The Bertz CT molecular complexity index is 1410. The first-order valence-electron chi connectivity index (χ1n) is 12.1. The maximum atomic E-state index is 12.4. The molecule has 3 N–H and O–H groups in total. The van der Waals surface area contributed by atoms with Gasteiger partial charge in [-0.05, 0) is 84.5 Å². The second-order valence-electron chi connectivity index (χ2n) is 9.76. The molecular weight excluding hydrogens is 460 g/mol. The molecule has 1 saturated heterocycles. The van der Waals surface area contributed by atoms with Crippen molar-refractivity contribution in [3.63, 3.8) is 0 Å². The average molecular weight is 493 g/mol. The van der Waals surface area contributed by atoms with Gasteiger partial charge in [0.05, 0.1) is 28.5 Å². The number of sulfonamides is 1. The smallest absolute Gasteiger partial charge is 0.250 e. The van der Waals surface area contributed by atoms with Crippen molar-refractivity contribution in [2.45, 2.75) is 46.0 Å². The number of carbonyl (C=O) groups is 1. The van der Waals surface area contributed by atoms with Crippen LogP contribution >= 0.6 is 0 Å². The minimum Gasteiger partial charge on any atom is -0.366 e. The number of fused-ring (bicyclic) bond motifs is 1. The van der Waals surface area contributed by atoms with Crippen LogP contribution < -0.4 is 5.73 Å². The molecule has 1 aromatic heterocycles. The largest absolute Gasteiger partial charge is 0.366 e. The summed E-state index contributed by atoms with van der Waals surface area (Å²) in [5.74, 6) is 0.202. The first-order valence-corrected chi connectivity index (χ1v) is 13.7. The molecule has 3 aromatic rings. The number of primary amides is 1. The van der Waals surface area contributed by atoms with E-state index in [-0.39, 0.29) is 11.7 Å². The second-order valence-corrected chi connectivity index (χ2v) is 12.0. The number of piperidine rings is 1. The monoisotopic (exact) mass is 492 g/mol. The van der Waals surface area contributed by atoms with Gasteiger partial charge >= 0.3 is 0 Å². The number of benzene rings is 2. The molecular formula is C27H32N4O3S. The highest BCUT2D eigenvalue weighted by Gasteiger charge is 2.29. The van der Waals surface area contributed by atoms with Gasteiger partial charge in [0.1, 0.15) is 0 Å². The summed E-state index contributed by atoms with van der Waals surface area (Å²) in [6, 6.07) is 11.9. The zero-order chi connectivity index (χ0) is 25.3. The highest BCUT2D eigenvalue weighted by Crippen LogP contribution is 2.37. The molecule has 1 fully saturated rings. The lowest BCUT2D eigenvalue weighted by Crippen LogP contribution is -2.38. The van der Waals surface area contributed by atoms with E-state index in [0.29, 0.717) is 48.5 Å². The van der Waals surface area contributed by atoms with Crippen LogP contribution in [0.2, 0.25) is 0 Å². The Morgan fingerprint density at radius 1 is 1.17 bits per heavy atom. The summed E-state index contributed by atoms with van der Waals surface area (Å²) < 4.78 is 26.1. The summed E-state index contributed by atoms with van der Waals surface area (Å²) >= 11 is 0. The predicted octanol–water partition coefficient (Wildman–Crippen LogP) is 4.53. The van der Waals surface area contributed by atoms with Gasteiger partial charge < -0.3 is 10.7 Å². The maximum absolute atomic E-state index is 12.4. The number of nitriles is 1. The summed E-state index contributed by atoms with van der Waals surface area (Å²) in [5, 5.41) is 10.5. The lowest BCUT2D eigenvalue weighted by Gasteiger charge is -2.31. The number of aromatic nitrogens is 1. The molecule has 2 heterocycles. The Kier molecular flexibility index (Phi) is 7.02. The molecule has 1 amide bonds. The van der Waals surface area contributed by atoms with E-state index < -0.39 is 15.9 Å². The molecule has 184 valence electrons. The third kappa shape index (κ3) is 5.12. The number of hydrogen-bond acceptors (Lipinski definition) is 4. The van der Waals surface area contributed by atoms with Crippen LogP contribution in [0.4, 0.5) is 0 Å². The van der Waals surface area contributed by atoms with E-state index in [4.69, 9.17) is 5.73 Å². The SMILES string of the molecule is CCS(=O)(=O)N1CCC(c2c[nH]c3c(C(N)=O)cc(-c4cc(C#N)cc(CC(C)C)c4)cc23)CC1. The Morgan fingerprint density at radius 3 is 2.46 bits per heavy atom. The number of aromatic amines is 1. The molecule has 0 bridgehead atoms. The average Bonchev–Trinajstić information content (AvgIpc) is 3.26. The van der Waals surface area contributed by atoms with E-state index in [9.17, 15) is 18.5 Å². The fraction of sp³-hybridized carbons (Fsp3) is 0.407. The first kappa shape index (κ1) is 25.0. The minimum absolute atomic E-state index is 0.108. The Hall–Kier alpha value is -3.15. The zero-order valence-corrected chi connectivity index (χ0v) is 21.3. The Labute approximate surface area is 207 Å². The first-order chi connectivity index (χ1) is 16.6. The van der Waals surface area contributed by atoms with Crippen LogP contribution in [0.3, 0.4) is 0 Å². The van der Waals surface area contributed by atoms with Crippen LogP contribution in [0.15, 0.2) is 36.5 Å². The Morgan fingerprint density at radius 2 is 1.86 bits per heavy atom. The predicted molar refractivity (Wildman–Crippen MR) is 139 cm³/mol. The molecule has 0 aliphatic carbocycles. The van der Waals surface area contributed by atoms with Crippen molar-refractivity contribution in [3.8, 4) is 17.2 Å². The van der Waals surface area contributed by atoms with Gasteiger partial charge in [-0.1, -0.05) is 19.9 Å². The molecule has 0 saturated carbocycles. The third-order valence-corrected chi connectivity index (χ3v) is 8.72. The van der Waals surface area contributed by atoms with Crippen LogP contribution in [0.5, 0.6) is 0 Å². The van der Waals surface area contributed by atoms with Crippen LogP contribution in [-0.2, 0) is 16.4 Å². The van der Waals surface area contributed by atoms with Gasteiger partial charge in [0, 0.05) is 24.7 Å². The van der Waals surface area contributed by atoms with E-state index in [0.717, 1.165) is 34.1 Å². The number of nitrogens with one attached hydrogen (secondary N) is 1. The fourth-order valence-electron chi connectivity index (χ4n) is 5.09. The number of H-pyrrole nitrogens is 1. The molecule has 0 unspecified atom stereocenters. The molecule has 0 spiro atoms. The van der Waals surface area contributed by atoms with Crippen molar-refractivity contribution < 1.29 is 13.2 Å². The summed E-state index contributed by atoms with van der Waals surface area (Å²) in [7, 11) is -3.20. The van der Waals surface area contributed by atoms with Gasteiger partial charge in [-0.25, -0.2) is 12.7 Å². The van der Waals surface area contributed by atoms with Crippen LogP contribution in [0.25, 0.3) is 22.0 Å². The highest BCUT2D eigenvalue weighted by atomic mass is 32.2. The van der Waals surface area contributed by atoms with Crippen LogP contribution in [0, 0.1) is 17.2 Å². The molecule has 1 aliphatic heterocycles. The second kappa shape index (κ2) is 9.84. The normalized spacial score (nSPS) is 15.5. The molecule has 2 aromatic carbocycles. The highest BCUT2D eigenvalue weighted by molar-refractivity contribution is 7.89. The molecule has 7 nitrogen and oxygen atoms in total. The number of hydrogen-bond donors (Lipinski definition) is 2. The van der Waals surface area contributed by atoms with Gasteiger partial charge in [0.25, 0.3) is 5.91 Å². The van der Waals surface area contributed by atoms with E-state index in [1.807, 2.05) is 18.3 Å². The molecule has 8 heteroatoms. The van der Waals surface area contributed by atoms with Crippen molar-refractivity contribution in [3.05, 3.63) is 58.8 Å². The topological polar surface area (TPSA) is 120 Å². The van der Waals surface area contributed by atoms with Crippen molar-refractivity contribution in [1.82, 2.24) is 9.29 Å². The van der Waals surface area contributed by atoms with Crippen molar-refractivity contribution in [2.24, 2.45) is 11.7 Å². The quantitative estimate of drug-likeness (QED) is 0.503. The van der Waals surface area contributed by atoms with Gasteiger partial charge in [-0.2, -0.15) is 5.26 Å². The number of rotatable bonds is 7. The molecule has 1 aliphatic rings. The maximum Gasteiger partial charge on any atom is 0.250 e. The summed E-state index contributed by atoms with van der Waals surface area (Å²) in [6.45, 7) is 6.91. The lowest BCUT2D eigenvalue weighted by molar-refractivity contribution is 0.100. The van der Waals surface area contributed by atoms with E-state index in [2.05, 4.69) is 37.0 Å². The van der Waals surface area contributed by atoms with Crippen molar-refractivity contribution >= 4 is 26.8 Å². The summed E-state index contributed by atoms with van der Waals surface area (Å²) in [6.07, 6.45) is 4.20. The fourth-order valence-corrected chi connectivity index (χ4v) is 6.22. The minimum atomic E-state index is -3.20. The van der Waals surface area contributed by atoms with Gasteiger partial charge in [0.2, 0.25) is 10.0 Å². The molecule has 35 heavy (non-hydrogen) atoms. The van der Waals surface area contributed by atoms with Crippen LogP contribution in [0.1, 0.15) is 66.6 Å². The van der Waals surface area contributed by atoms with E-state index in [1.165, 1.54) is 0 Å². The zero-order valence-electron chi connectivity index (χ0n) is 20.5. The summed E-state index contributed by atoms with van der Waals surface area (Å²) in [4.78, 5) is 15.6. The number of carbonyl (C=O) groups excluding carboxylic acids is 1. The van der Waals surface area contributed by atoms with Gasteiger partial charge in [-0.3, -0.25) is 4.79 Å². The molecule has 0 radical (unpaired) electrons. The van der Waals surface area contributed by atoms with E-state index >= 15 is 0 Å². The van der Waals surface area contributed by atoms with Crippen LogP contribution in [-0.4, -0.2) is 42.5 Å². The number of nitrogens with two attached hydrogens (primary N) is 1. The Balaban J connectivity index is 1.78. The third-order valence-electron chi connectivity index (χ3n) is 6.84. The molecule has 4 rings (SSSR count). The lowest BCUT2D eigenvalue weighted by atomic mass is 9.88. The van der Waals surface area contributed by atoms with Crippen molar-refractivity contribution in [2.75, 3.05) is 18.8 Å². The number of nitrogens with zero attached hydrogens (tertiary/aromatic N) is 2. The standard InChI is InChI=1S/C27H32N4O3S/c1-4-35(33,34)31-7-5-20(6-8-31)25-16-30-26-23(25)13-22(14-24(26)27(29)32)21-11-18(9-17(2)3)10-19(12-21)15-28/h10-14,16-17,20,30H,4-9H2,1-3H3,(H2,29,32). The van der Waals surface area contributed by atoms with Gasteiger partial charge in [-0.15, -0.1) is 0 Å². The number of amides is 1. The summed E-state index contributed by atoms with van der Waals surface area (Å²) in [5.41, 5.74) is 11.3. The van der Waals surface area contributed by atoms with E-state index in [1.54, 1.807) is 17.3 Å². The van der Waals surface area contributed by atoms with Gasteiger partial charge in [0.15, 0.2) is 0 Å².